The summed E-state index contributed by atoms with van der Waals surface area (Å²) in [6, 6.07) is 0. The first-order valence-corrected chi connectivity index (χ1v) is 27.6. The van der Waals surface area contributed by atoms with Gasteiger partial charge in [0.2, 0.25) is 16.6 Å². The predicted octanol–water partition coefficient (Wildman–Crippen LogP) is 15.3. The summed E-state index contributed by atoms with van der Waals surface area (Å²) >= 11 is 2.23. The molecule has 0 spiro atoms. The Kier molecular flexibility index (Phi) is 29.1. The zero-order chi connectivity index (χ0) is 44.6. The molecule has 0 aromatic heterocycles. The minimum atomic E-state index is -2.14. The molecule has 58 heavy (non-hydrogen) atoms. The maximum absolute atomic E-state index is 13.2. The summed E-state index contributed by atoms with van der Waals surface area (Å²) in [6.07, 6.45) is 22.2. The molecule has 6 nitrogen and oxygen atoms in total. The van der Waals surface area contributed by atoms with Gasteiger partial charge in [-0.05, 0) is 83.3 Å². The molecule has 0 aliphatic heterocycles. The van der Waals surface area contributed by atoms with Gasteiger partial charge in [-0.3, -0.25) is 0 Å². The summed E-state index contributed by atoms with van der Waals surface area (Å²) in [6.45, 7) is 42.4. The molecule has 0 aromatic rings. The van der Waals surface area contributed by atoms with Crippen molar-refractivity contribution >= 4 is 45.2 Å². The van der Waals surface area contributed by atoms with Crippen LogP contribution in [-0.4, -0.2) is 60.9 Å². The minimum absolute atomic E-state index is 0.0225. The third-order valence-corrected chi connectivity index (χ3v) is 24.4. The van der Waals surface area contributed by atoms with E-state index in [-0.39, 0.29) is 43.1 Å². The van der Waals surface area contributed by atoms with Gasteiger partial charge in [0.1, 0.15) is 12.9 Å². The third-order valence-electron chi connectivity index (χ3n) is 11.8. The van der Waals surface area contributed by atoms with Crippen LogP contribution in [0.1, 0.15) is 142 Å². The number of halogens is 1. The topological polar surface area (TPSA) is 63.2 Å². The first kappa shape index (κ1) is 56.7. The first-order chi connectivity index (χ1) is 27.2. The molecule has 0 radical (unpaired) electrons. The van der Waals surface area contributed by atoms with Gasteiger partial charge in [-0.2, -0.15) is 0 Å². The maximum Gasteiger partial charge on any atom is 0.330 e. The number of hydrogen-bond acceptors (Lipinski definition) is 6. The molecule has 9 heteroatoms. The molecule has 5 atom stereocenters. The first-order valence-electron chi connectivity index (χ1n) is 22.1. The Labute approximate surface area is 373 Å². The quantitative estimate of drug-likeness (QED) is 0.0101. The molecule has 0 aliphatic rings. The Balaban J connectivity index is 5.79. The molecular weight excluding hydrogens is 868 g/mol. The van der Waals surface area contributed by atoms with E-state index < -0.39 is 16.6 Å². The van der Waals surface area contributed by atoms with Crippen LogP contribution in [0.3, 0.4) is 0 Å². The van der Waals surface area contributed by atoms with E-state index in [0.717, 1.165) is 43.3 Å². The lowest BCUT2D eigenvalue weighted by Gasteiger charge is -2.45. The molecule has 0 aliphatic carbocycles. The van der Waals surface area contributed by atoms with Crippen molar-refractivity contribution in [2.75, 3.05) is 13.9 Å². The number of methoxy groups -OCH3 is 1. The highest BCUT2D eigenvalue weighted by molar-refractivity contribution is 14.1. The largest absolute Gasteiger partial charge is 0.458 e. The van der Waals surface area contributed by atoms with Crippen molar-refractivity contribution in [2.24, 2.45) is 5.92 Å². The van der Waals surface area contributed by atoms with E-state index in [1.165, 1.54) is 0 Å². The van der Waals surface area contributed by atoms with Crippen LogP contribution < -0.4 is 0 Å². The molecule has 0 unspecified atom stereocenters. The van der Waals surface area contributed by atoms with Crippen LogP contribution in [-0.2, 0) is 27.9 Å². The fraction of sp³-hybridized carbons (Fsp3) is 0.694. The molecule has 0 N–H and O–H groups in total. The Morgan fingerprint density at radius 2 is 1.26 bits per heavy atom. The monoisotopic (exact) mass is 955 g/mol. The van der Waals surface area contributed by atoms with Crippen LogP contribution in [0.25, 0.3) is 0 Å². The zero-order valence-corrected chi connectivity index (χ0v) is 44.0. The molecule has 0 fully saturated rings. The van der Waals surface area contributed by atoms with Crippen molar-refractivity contribution in [1.82, 2.24) is 0 Å². The fourth-order valence-corrected chi connectivity index (χ4v) is 20.8. The summed E-state index contributed by atoms with van der Waals surface area (Å²) in [5.41, 5.74) is 5.22. The molecule has 334 valence electrons. The number of ether oxygens (including phenoxy) is 3. The second kappa shape index (κ2) is 29.8. The maximum atomic E-state index is 13.2. The van der Waals surface area contributed by atoms with E-state index in [2.05, 4.69) is 170 Å². The molecule has 0 aromatic carbocycles. The summed E-state index contributed by atoms with van der Waals surface area (Å²) in [4.78, 5) is 13.2. The lowest BCUT2D eigenvalue weighted by atomic mass is 9.95. The lowest BCUT2D eigenvalue weighted by molar-refractivity contribution is -0.144. The van der Waals surface area contributed by atoms with E-state index in [4.69, 9.17) is 23.1 Å². The number of carbonyl (C=O) groups is 1. The van der Waals surface area contributed by atoms with Gasteiger partial charge in [0, 0.05) is 25.5 Å². The van der Waals surface area contributed by atoms with Crippen molar-refractivity contribution in [3.63, 3.8) is 0 Å². The molecule has 0 saturated heterocycles. The number of carbonyl (C=O) groups excluding carboxylic acids is 1. The van der Waals surface area contributed by atoms with Crippen LogP contribution in [0.4, 0.5) is 0 Å². The van der Waals surface area contributed by atoms with Crippen molar-refractivity contribution in [3.8, 4) is 0 Å². The number of unbranched alkanes of at least 4 members (excludes halogenated alkanes) is 1. The molecular formula is C49H87IO6Si2. The van der Waals surface area contributed by atoms with E-state index in [9.17, 15) is 4.79 Å². The van der Waals surface area contributed by atoms with Crippen LogP contribution in [0.5, 0.6) is 0 Å². The van der Waals surface area contributed by atoms with Gasteiger partial charge in [0.15, 0.2) is 0 Å². The summed E-state index contributed by atoms with van der Waals surface area (Å²) < 4.78 is 33.7. The second-order valence-corrected chi connectivity index (χ2v) is 29.6. The third kappa shape index (κ3) is 18.7. The van der Waals surface area contributed by atoms with E-state index >= 15 is 0 Å². The normalized spacial score (nSPS) is 16.5. The highest BCUT2D eigenvalue weighted by Gasteiger charge is 2.48. The van der Waals surface area contributed by atoms with E-state index in [0.29, 0.717) is 39.7 Å². The average molecular weight is 955 g/mol. The highest BCUT2D eigenvalue weighted by Crippen LogP contribution is 2.45. The van der Waals surface area contributed by atoms with Crippen molar-refractivity contribution in [3.05, 3.63) is 83.1 Å². The summed E-state index contributed by atoms with van der Waals surface area (Å²) in [5, 5.41) is 0. The number of allylic oxidation sites excluding steroid dienone is 6. The molecule has 0 heterocycles. The standard InChI is InChI=1S/C49H87IO6Si2/c1-19-45(55-57(36(3)4,37(5)6)38(7)8)28-24-22-26-30-49(51)54-48(44(17)33-43(16)31-32-50)34-42(15)27-23-21-25-29-47(53-35-52-18)46(20-2)56-58(39(9)10,40(11)12)41(13)14/h19-21,23,26-27,30-33,36-41,44-48H,1-2,22,24-25,28-29,34-35H2,3-18H3/b23-21+,30-26+,32-31+,42-27+,43-33+/t44-,45-,46+,47+,48-/m1/s1. The van der Waals surface area contributed by atoms with Gasteiger partial charge >= 0.3 is 5.97 Å². The van der Waals surface area contributed by atoms with Crippen LogP contribution >= 0.6 is 22.6 Å². The smallest absolute Gasteiger partial charge is 0.330 e. The van der Waals surface area contributed by atoms with Gasteiger partial charge in [0.05, 0.1) is 18.3 Å². The number of esters is 1. The van der Waals surface area contributed by atoms with Gasteiger partial charge in [-0.1, -0.05) is 172 Å². The van der Waals surface area contributed by atoms with Crippen LogP contribution in [0.15, 0.2) is 83.1 Å². The Hall–Kier alpha value is -1.35. The fourth-order valence-electron chi connectivity index (χ4n) is 9.10. The van der Waals surface area contributed by atoms with Gasteiger partial charge in [-0.15, -0.1) is 13.2 Å². The molecule has 0 rings (SSSR count). The van der Waals surface area contributed by atoms with Crippen molar-refractivity contribution in [2.45, 2.75) is 200 Å². The van der Waals surface area contributed by atoms with Gasteiger partial charge < -0.3 is 23.1 Å². The van der Waals surface area contributed by atoms with Crippen molar-refractivity contribution in [1.29, 1.82) is 0 Å². The van der Waals surface area contributed by atoms with Gasteiger partial charge in [-0.25, -0.2) is 4.79 Å². The number of rotatable bonds is 31. The molecule has 0 saturated carbocycles. The SMILES string of the molecule is C=C[C@H](CCC/C=C/C(=O)O[C@H](C/C(C)=C/C=C/CC[C@H](OCOC)[C@H](C=C)O[Si](C(C)C)(C(C)C)C(C)C)[C@H](C)/C=C(C)/C=C/I)O[Si](C(C)C)(C(C)C)C(C)C. The van der Waals surface area contributed by atoms with Crippen molar-refractivity contribution < 1.29 is 27.9 Å². The Morgan fingerprint density at radius 3 is 1.74 bits per heavy atom. The number of hydrogen-bond donors (Lipinski definition) is 0. The lowest BCUT2D eigenvalue weighted by Crippen LogP contribution is -2.52. The van der Waals surface area contributed by atoms with Crippen LogP contribution in [0.2, 0.25) is 33.2 Å². The average Bonchev–Trinajstić information content (AvgIpc) is 3.13. The zero-order valence-electron chi connectivity index (χ0n) is 39.8. The molecule has 0 bridgehead atoms. The second-order valence-electron chi connectivity index (χ2n) is 18.1. The Bertz CT molecular complexity index is 1280. The predicted molar refractivity (Wildman–Crippen MR) is 265 cm³/mol. The molecule has 0 amide bonds. The van der Waals surface area contributed by atoms with E-state index in [1.54, 1.807) is 13.2 Å². The van der Waals surface area contributed by atoms with Gasteiger partial charge in [0.25, 0.3) is 0 Å². The Morgan fingerprint density at radius 1 is 0.707 bits per heavy atom. The van der Waals surface area contributed by atoms with Crippen LogP contribution in [0, 0.1) is 5.92 Å². The highest BCUT2D eigenvalue weighted by atomic mass is 127. The summed E-state index contributed by atoms with van der Waals surface area (Å²) in [7, 11) is -2.49. The van der Waals surface area contributed by atoms with E-state index in [1.807, 2.05) is 22.3 Å². The minimum Gasteiger partial charge on any atom is -0.458 e. The summed E-state index contributed by atoms with van der Waals surface area (Å²) in [5.74, 6) is -0.276.